The van der Waals surface area contributed by atoms with Crippen LogP contribution >= 0.6 is 0 Å². The highest BCUT2D eigenvalue weighted by atomic mass is 16.6. The molecule has 0 N–H and O–H groups in total. The molecule has 0 fully saturated rings. The van der Waals surface area contributed by atoms with Gasteiger partial charge in [0.25, 0.3) is 11.4 Å². The molecule has 0 spiro atoms. The van der Waals surface area contributed by atoms with E-state index in [4.69, 9.17) is 0 Å². The third-order valence-corrected chi connectivity index (χ3v) is 19.0. The van der Waals surface area contributed by atoms with Crippen molar-refractivity contribution in [3.63, 3.8) is 0 Å². The van der Waals surface area contributed by atoms with Gasteiger partial charge in [-0.3, -0.25) is 20.2 Å². The normalized spacial score (nSPS) is 21.0. The predicted octanol–water partition coefficient (Wildman–Crippen LogP) is 16.2. The van der Waals surface area contributed by atoms with Crippen molar-refractivity contribution in [1.82, 2.24) is 0 Å². The van der Waals surface area contributed by atoms with E-state index in [1.54, 1.807) is 24.3 Å². The largest absolute Gasteiger partial charge is 0.347 e. The molecular formula is C72H70N6O4+2. The maximum absolute atomic E-state index is 11.9. The minimum Gasteiger partial charge on any atom is -0.347 e. The summed E-state index contributed by atoms with van der Waals surface area (Å²) in [6, 6.07) is 55.0. The van der Waals surface area contributed by atoms with E-state index in [0.717, 1.165) is 46.7 Å². The van der Waals surface area contributed by atoms with Crippen LogP contribution in [0.3, 0.4) is 0 Å². The Kier molecular flexibility index (Phi) is 12.8. The average molecular weight is 1080 g/mol. The maximum Gasteiger partial charge on any atom is 0.269 e. The molecule has 0 saturated heterocycles. The monoisotopic (exact) mass is 1080 g/mol. The first-order valence-electron chi connectivity index (χ1n) is 28.4. The second kappa shape index (κ2) is 19.6. The number of hydrogen-bond donors (Lipinski definition) is 0. The summed E-state index contributed by atoms with van der Waals surface area (Å²) in [6.45, 7) is 15.8. The number of likely N-dealkylation sites (N-methyl/N-ethyl adjacent to an activating group) is 2. The zero-order valence-corrected chi connectivity index (χ0v) is 48.8. The molecule has 410 valence electrons. The fourth-order valence-corrected chi connectivity index (χ4v) is 14.9. The number of nitro benzene ring substituents is 2. The van der Waals surface area contributed by atoms with E-state index in [1.165, 1.54) is 77.7 Å². The van der Waals surface area contributed by atoms with Crippen LogP contribution in [0.1, 0.15) is 98.9 Å². The Morgan fingerprint density at radius 2 is 0.854 bits per heavy atom. The lowest BCUT2D eigenvalue weighted by molar-refractivity contribution is -0.401. The topological polar surface area (TPSA) is 98.8 Å². The standard InChI is InChI=1S/C72H70N6O4/c1-46(55-42-61-67(53-30-20-18-28-51(53)55)71(6,44-47-24-14-12-15-25-47)65(75(61)10)34-22-32-63-69(2,3)57-40-49(77(79)80)36-38-59(57)73(63)8)56-43-62-68(54-31-21-19-29-52(54)56)72(7,45-48-26-16-13-17-27-48)66(76(62)11)35-23-33-64-70(4,5)58-41-50(78(81)82)37-39-60(58)74(64)9/h12-43,46H,44-45H2,1-11H3/q+2. The first-order valence-corrected chi connectivity index (χ1v) is 28.4. The second-order valence-electron chi connectivity index (χ2n) is 24.5. The molecule has 0 aliphatic carbocycles. The van der Waals surface area contributed by atoms with E-state index >= 15 is 0 Å². The quantitative estimate of drug-likeness (QED) is 0.0687. The lowest BCUT2D eigenvalue weighted by atomic mass is 9.71. The van der Waals surface area contributed by atoms with Gasteiger partial charge in [-0.25, -0.2) is 0 Å². The molecule has 4 aliphatic rings. The molecule has 10 heteroatoms. The van der Waals surface area contributed by atoms with Gasteiger partial charge < -0.3 is 9.80 Å². The zero-order chi connectivity index (χ0) is 57.8. The number of nitrogens with zero attached hydrogens (tertiary/aromatic N) is 6. The third-order valence-electron chi connectivity index (χ3n) is 19.0. The summed E-state index contributed by atoms with van der Waals surface area (Å²) in [5, 5.41) is 28.7. The highest BCUT2D eigenvalue weighted by Crippen LogP contribution is 2.54. The number of nitro groups is 2. The molecule has 2 unspecified atom stereocenters. The summed E-state index contributed by atoms with van der Waals surface area (Å²) in [5.41, 5.74) is 16.9. The van der Waals surface area contributed by atoms with Crippen molar-refractivity contribution in [2.45, 2.75) is 88.9 Å². The van der Waals surface area contributed by atoms with Gasteiger partial charge in [0.15, 0.2) is 11.4 Å². The lowest BCUT2D eigenvalue weighted by Crippen LogP contribution is -2.33. The molecule has 0 saturated carbocycles. The predicted molar refractivity (Wildman–Crippen MR) is 336 cm³/mol. The zero-order valence-electron chi connectivity index (χ0n) is 48.8. The average Bonchev–Trinajstić information content (AvgIpc) is 4.08. The van der Waals surface area contributed by atoms with Crippen LogP contribution in [0.15, 0.2) is 206 Å². The molecule has 4 aliphatic heterocycles. The van der Waals surface area contributed by atoms with Crippen molar-refractivity contribution in [3.05, 3.63) is 270 Å². The number of benzene rings is 8. The summed E-state index contributed by atoms with van der Waals surface area (Å²) in [6.07, 6.45) is 14.9. The van der Waals surface area contributed by atoms with Gasteiger partial charge in [-0.2, -0.15) is 9.15 Å². The molecule has 82 heavy (non-hydrogen) atoms. The van der Waals surface area contributed by atoms with E-state index in [-0.39, 0.29) is 27.1 Å². The van der Waals surface area contributed by atoms with Crippen molar-refractivity contribution < 1.29 is 19.0 Å². The minimum absolute atomic E-state index is 0.0169. The van der Waals surface area contributed by atoms with Gasteiger partial charge in [-0.15, -0.1) is 0 Å². The van der Waals surface area contributed by atoms with E-state index in [1.807, 2.05) is 26.2 Å². The minimum atomic E-state index is -0.455. The Morgan fingerprint density at radius 3 is 1.22 bits per heavy atom. The number of hydrogen-bond acceptors (Lipinski definition) is 6. The summed E-state index contributed by atoms with van der Waals surface area (Å²) < 4.78 is 4.83. The second-order valence-corrected chi connectivity index (χ2v) is 24.5. The summed E-state index contributed by atoms with van der Waals surface area (Å²) in [4.78, 5) is 27.5. The Hall–Kier alpha value is -9.02. The Labute approximate surface area is 481 Å². The lowest BCUT2D eigenvalue weighted by Gasteiger charge is -2.27. The van der Waals surface area contributed by atoms with Crippen LogP contribution in [0.5, 0.6) is 0 Å². The molecule has 2 atom stereocenters. The van der Waals surface area contributed by atoms with Gasteiger partial charge >= 0.3 is 0 Å². The van der Waals surface area contributed by atoms with E-state index in [0.29, 0.717) is 0 Å². The number of anilines is 2. The van der Waals surface area contributed by atoms with Crippen LogP contribution < -0.4 is 9.80 Å². The molecule has 0 bridgehead atoms. The van der Waals surface area contributed by atoms with Gasteiger partial charge in [0.2, 0.25) is 11.4 Å². The first-order chi connectivity index (χ1) is 39.2. The third kappa shape index (κ3) is 8.27. The van der Waals surface area contributed by atoms with E-state index < -0.39 is 21.7 Å². The molecule has 0 radical (unpaired) electrons. The molecule has 0 amide bonds. The fraction of sp³-hybridized carbons (Fsp3) is 0.250. The molecule has 8 aromatic carbocycles. The number of rotatable bonds is 12. The summed E-state index contributed by atoms with van der Waals surface area (Å²) >= 11 is 0. The smallest absolute Gasteiger partial charge is 0.269 e. The molecule has 0 aromatic heterocycles. The SMILES string of the molecule is CC(c1cc2c(c3ccccc13)C(C)(Cc1ccccc1)C(/C=C/C=C1/N(C)c3ccc([N+](=O)[O-])cc3C1(C)C)=[N+]2C)c1cc2c(c3ccccc13)C(C)(Cc1ccccc1)C(/C=C/C=C1/N(C)c3ccc([N+](=O)[O-])cc3C1(C)C)=[N+]2C. The maximum atomic E-state index is 11.9. The molecule has 4 heterocycles. The van der Waals surface area contributed by atoms with Crippen LogP contribution in [-0.4, -0.2) is 58.6 Å². The van der Waals surface area contributed by atoms with Gasteiger partial charge in [-0.05, 0) is 106 Å². The van der Waals surface area contributed by atoms with Gasteiger partial charge in [0, 0.05) is 113 Å². The summed E-state index contributed by atoms with van der Waals surface area (Å²) in [7, 11) is 8.54. The first kappa shape index (κ1) is 53.6. The van der Waals surface area contributed by atoms with Crippen molar-refractivity contribution in [2.75, 3.05) is 38.0 Å². The van der Waals surface area contributed by atoms with Crippen LogP contribution in [-0.2, 0) is 34.5 Å². The van der Waals surface area contributed by atoms with Crippen molar-refractivity contribution in [1.29, 1.82) is 0 Å². The van der Waals surface area contributed by atoms with Crippen LogP contribution in [0.2, 0.25) is 0 Å². The Bertz CT molecular complexity index is 3950. The molecule has 12 rings (SSSR count). The van der Waals surface area contributed by atoms with Crippen LogP contribution in [0.4, 0.5) is 34.1 Å². The highest BCUT2D eigenvalue weighted by Gasteiger charge is 2.51. The Balaban J connectivity index is 0.990. The van der Waals surface area contributed by atoms with Crippen molar-refractivity contribution >= 4 is 67.1 Å². The van der Waals surface area contributed by atoms with Gasteiger partial charge in [0.05, 0.1) is 20.7 Å². The molecule has 8 aromatic rings. The number of non-ortho nitro benzene ring substituents is 2. The van der Waals surface area contributed by atoms with Crippen molar-refractivity contribution in [3.8, 4) is 0 Å². The fourth-order valence-electron chi connectivity index (χ4n) is 14.9. The van der Waals surface area contributed by atoms with Gasteiger partial charge in [0.1, 0.15) is 14.1 Å². The number of fused-ring (bicyclic) bond motifs is 8. The van der Waals surface area contributed by atoms with Crippen molar-refractivity contribution in [2.24, 2.45) is 0 Å². The Morgan fingerprint density at radius 1 is 0.500 bits per heavy atom. The van der Waals surface area contributed by atoms with E-state index in [2.05, 4.69) is 239 Å². The molecular weight excluding hydrogens is 1010 g/mol. The molecule has 10 nitrogen and oxygen atoms in total. The van der Waals surface area contributed by atoms with Gasteiger partial charge in [-0.1, -0.05) is 156 Å². The van der Waals surface area contributed by atoms with Crippen LogP contribution in [0, 0.1) is 20.2 Å². The number of allylic oxidation sites excluding steroid dienone is 8. The van der Waals surface area contributed by atoms with E-state index in [9.17, 15) is 20.2 Å². The highest BCUT2D eigenvalue weighted by molar-refractivity contribution is 6.11. The van der Waals surface area contributed by atoms with Crippen LogP contribution in [0.25, 0.3) is 21.5 Å². The summed E-state index contributed by atoms with van der Waals surface area (Å²) in [5.74, 6) is -0.0169.